The van der Waals surface area contributed by atoms with Gasteiger partial charge in [0.05, 0.1) is 24.8 Å². The SMILES string of the molecule is COc1cccc(C=C2SC(=Nc3ccc(C)cc3)N(C)C2=O)c1OC. The Morgan fingerprint density at radius 1 is 1.08 bits per heavy atom. The number of amides is 1. The van der Waals surface area contributed by atoms with Gasteiger partial charge in [-0.05, 0) is 43.0 Å². The number of aryl methyl sites for hydroxylation is 1. The highest BCUT2D eigenvalue weighted by molar-refractivity contribution is 8.18. The minimum atomic E-state index is -0.0919. The molecular formula is C20H20N2O3S. The van der Waals surface area contributed by atoms with E-state index < -0.39 is 0 Å². The predicted molar refractivity (Wildman–Crippen MR) is 106 cm³/mol. The van der Waals surface area contributed by atoms with Crippen LogP contribution in [0.1, 0.15) is 11.1 Å². The molecule has 0 saturated carbocycles. The number of ether oxygens (including phenoxy) is 2. The molecule has 5 nitrogen and oxygen atoms in total. The summed E-state index contributed by atoms with van der Waals surface area (Å²) in [6.45, 7) is 2.03. The fourth-order valence-corrected chi connectivity index (χ4v) is 3.53. The highest BCUT2D eigenvalue weighted by atomic mass is 32.2. The monoisotopic (exact) mass is 368 g/mol. The number of amidine groups is 1. The molecule has 3 rings (SSSR count). The maximum atomic E-state index is 12.6. The van der Waals surface area contributed by atoms with Crippen molar-refractivity contribution in [2.45, 2.75) is 6.92 Å². The molecule has 26 heavy (non-hydrogen) atoms. The Morgan fingerprint density at radius 3 is 2.46 bits per heavy atom. The molecule has 134 valence electrons. The highest BCUT2D eigenvalue weighted by Crippen LogP contribution is 2.37. The van der Waals surface area contributed by atoms with Crippen LogP contribution in [0.25, 0.3) is 6.08 Å². The Labute approximate surface area is 157 Å². The van der Waals surface area contributed by atoms with Crippen LogP contribution in [0.4, 0.5) is 5.69 Å². The number of rotatable bonds is 4. The summed E-state index contributed by atoms with van der Waals surface area (Å²) in [7, 11) is 4.90. The molecule has 1 amide bonds. The molecule has 0 unspecified atom stereocenters. The number of para-hydroxylation sites is 1. The molecule has 0 aromatic heterocycles. The van der Waals surface area contributed by atoms with E-state index >= 15 is 0 Å². The zero-order valence-electron chi connectivity index (χ0n) is 15.1. The molecule has 0 N–H and O–H groups in total. The molecule has 0 radical (unpaired) electrons. The Balaban J connectivity index is 1.94. The normalized spacial score (nSPS) is 17.2. The summed E-state index contributed by atoms with van der Waals surface area (Å²) >= 11 is 1.34. The Hall–Kier alpha value is -2.73. The molecule has 1 saturated heterocycles. The van der Waals surface area contributed by atoms with Crippen LogP contribution >= 0.6 is 11.8 Å². The van der Waals surface area contributed by atoms with E-state index in [1.54, 1.807) is 26.2 Å². The number of carbonyl (C=O) groups is 1. The molecule has 2 aromatic rings. The fourth-order valence-electron chi connectivity index (χ4n) is 2.55. The average molecular weight is 368 g/mol. The number of carbonyl (C=O) groups excluding carboxylic acids is 1. The Bertz CT molecular complexity index is 888. The molecule has 6 heteroatoms. The maximum Gasteiger partial charge on any atom is 0.266 e. The summed E-state index contributed by atoms with van der Waals surface area (Å²) in [5.41, 5.74) is 2.77. The summed E-state index contributed by atoms with van der Waals surface area (Å²) in [5.74, 6) is 1.13. The molecule has 0 bridgehead atoms. The van der Waals surface area contributed by atoms with Crippen molar-refractivity contribution in [1.82, 2.24) is 4.90 Å². The molecular weight excluding hydrogens is 348 g/mol. The zero-order valence-corrected chi connectivity index (χ0v) is 16.0. The molecule has 2 aromatic carbocycles. The van der Waals surface area contributed by atoms with Gasteiger partial charge in [0.25, 0.3) is 5.91 Å². The fraction of sp³-hybridized carbons (Fsp3) is 0.200. The second-order valence-corrected chi connectivity index (χ2v) is 6.80. The molecule has 0 aliphatic carbocycles. The van der Waals surface area contributed by atoms with Gasteiger partial charge in [0.1, 0.15) is 0 Å². The number of hydrogen-bond acceptors (Lipinski definition) is 5. The van der Waals surface area contributed by atoms with Gasteiger partial charge in [0.2, 0.25) is 0 Å². The minimum Gasteiger partial charge on any atom is -0.493 e. The van der Waals surface area contributed by atoms with Gasteiger partial charge < -0.3 is 9.47 Å². The van der Waals surface area contributed by atoms with Crippen molar-refractivity contribution in [2.24, 2.45) is 4.99 Å². The van der Waals surface area contributed by atoms with Crippen LogP contribution in [0.15, 0.2) is 52.4 Å². The molecule has 1 fully saturated rings. The lowest BCUT2D eigenvalue weighted by atomic mass is 10.1. The van der Waals surface area contributed by atoms with Crippen molar-refractivity contribution < 1.29 is 14.3 Å². The van der Waals surface area contributed by atoms with E-state index in [-0.39, 0.29) is 5.91 Å². The Morgan fingerprint density at radius 2 is 1.81 bits per heavy atom. The molecule has 0 atom stereocenters. The standard InChI is InChI=1S/C20H20N2O3S/c1-13-8-10-15(11-9-13)21-20-22(2)19(23)17(26-20)12-14-6-5-7-16(24-3)18(14)25-4/h5-12H,1-4H3. The van der Waals surface area contributed by atoms with Crippen LogP contribution in [0.5, 0.6) is 11.5 Å². The van der Waals surface area contributed by atoms with E-state index in [1.807, 2.05) is 55.5 Å². The largest absolute Gasteiger partial charge is 0.493 e. The van der Waals surface area contributed by atoms with Gasteiger partial charge in [0, 0.05) is 12.6 Å². The number of thioether (sulfide) groups is 1. The van der Waals surface area contributed by atoms with Crippen molar-refractivity contribution in [3.63, 3.8) is 0 Å². The van der Waals surface area contributed by atoms with Gasteiger partial charge in [-0.2, -0.15) is 0 Å². The number of aliphatic imine (C=N–C) groups is 1. The van der Waals surface area contributed by atoms with Crippen molar-refractivity contribution in [3.05, 3.63) is 58.5 Å². The van der Waals surface area contributed by atoms with Gasteiger partial charge in [-0.15, -0.1) is 0 Å². The second-order valence-electron chi connectivity index (χ2n) is 5.79. The van der Waals surface area contributed by atoms with Gasteiger partial charge in [-0.3, -0.25) is 9.69 Å². The number of benzene rings is 2. The first kappa shape index (κ1) is 18.1. The molecule has 1 aliphatic heterocycles. The quantitative estimate of drug-likeness (QED) is 0.757. The zero-order chi connectivity index (χ0) is 18.7. The van der Waals surface area contributed by atoms with Crippen LogP contribution in [0.3, 0.4) is 0 Å². The lowest BCUT2D eigenvalue weighted by Crippen LogP contribution is -2.23. The molecule has 0 spiro atoms. The summed E-state index contributed by atoms with van der Waals surface area (Å²) in [5, 5.41) is 0.645. The van der Waals surface area contributed by atoms with Crippen molar-refractivity contribution in [3.8, 4) is 11.5 Å². The topological polar surface area (TPSA) is 51.1 Å². The second kappa shape index (κ2) is 7.66. The van der Waals surface area contributed by atoms with E-state index in [0.29, 0.717) is 21.6 Å². The van der Waals surface area contributed by atoms with E-state index in [9.17, 15) is 4.79 Å². The van der Waals surface area contributed by atoms with Crippen molar-refractivity contribution >= 4 is 34.6 Å². The van der Waals surface area contributed by atoms with Gasteiger partial charge in [-0.1, -0.05) is 29.8 Å². The number of likely N-dealkylation sites (N-methyl/N-ethyl adjacent to an activating group) is 1. The first-order valence-corrected chi connectivity index (χ1v) is 8.89. The third-order valence-electron chi connectivity index (χ3n) is 3.98. The van der Waals surface area contributed by atoms with Crippen LogP contribution in [0, 0.1) is 6.92 Å². The summed E-state index contributed by atoms with van der Waals surface area (Å²) < 4.78 is 10.8. The first-order chi connectivity index (χ1) is 12.5. The highest BCUT2D eigenvalue weighted by Gasteiger charge is 2.30. The van der Waals surface area contributed by atoms with E-state index in [1.165, 1.54) is 17.3 Å². The van der Waals surface area contributed by atoms with Crippen molar-refractivity contribution in [2.75, 3.05) is 21.3 Å². The molecule has 1 heterocycles. The van der Waals surface area contributed by atoms with Crippen molar-refractivity contribution in [1.29, 1.82) is 0 Å². The van der Waals surface area contributed by atoms with Gasteiger partial charge in [0.15, 0.2) is 16.7 Å². The van der Waals surface area contributed by atoms with Gasteiger partial charge in [-0.25, -0.2) is 4.99 Å². The predicted octanol–water partition coefficient (Wildman–Crippen LogP) is 4.25. The third-order valence-corrected chi connectivity index (χ3v) is 5.04. The van der Waals surface area contributed by atoms with Gasteiger partial charge >= 0.3 is 0 Å². The van der Waals surface area contributed by atoms with Crippen LogP contribution in [-0.2, 0) is 4.79 Å². The number of methoxy groups -OCH3 is 2. The Kier molecular flexibility index (Phi) is 5.32. The van der Waals surface area contributed by atoms with Crippen LogP contribution in [-0.4, -0.2) is 37.2 Å². The average Bonchev–Trinajstić information content (AvgIpc) is 2.91. The lowest BCUT2D eigenvalue weighted by Gasteiger charge is -2.10. The van der Waals surface area contributed by atoms with E-state index in [0.717, 1.165) is 11.3 Å². The summed E-state index contributed by atoms with van der Waals surface area (Å²) in [6, 6.07) is 13.4. The van der Waals surface area contributed by atoms with Crippen LogP contribution < -0.4 is 9.47 Å². The van der Waals surface area contributed by atoms with E-state index in [4.69, 9.17) is 9.47 Å². The summed E-state index contributed by atoms with van der Waals surface area (Å²) in [6.07, 6.45) is 1.81. The number of nitrogens with zero attached hydrogens (tertiary/aromatic N) is 2. The first-order valence-electron chi connectivity index (χ1n) is 8.07. The smallest absolute Gasteiger partial charge is 0.266 e. The van der Waals surface area contributed by atoms with Crippen LogP contribution in [0.2, 0.25) is 0 Å². The van der Waals surface area contributed by atoms with E-state index in [2.05, 4.69) is 4.99 Å². The molecule has 1 aliphatic rings. The number of hydrogen-bond donors (Lipinski definition) is 0. The summed E-state index contributed by atoms with van der Waals surface area (Å²) in [4.78, 5) is 19.3. The maximum absolute atomic E-state index is 12.6. The minimum absolute atomic E-state index is 0.0919. The third kappa shape index (κ3) is 3.60. The lowest BCUT2D eigenvalue weighted by molar-refractivity contribution is -0.121.